The quantitative estimate of drug-likeness (QED) is 0.699. The van der Waals surface area contributed by atoms with Gasteiger partial charge in [-0.25, -0.2) is 0 Å². The molecule has 0 fully saturated rings. The van der Waals surface area contributed by atoms with Crippen LogP contribution in [0.15, 0.2) is 30.3 Å². The number of benzene rings is 2. The minimum atomic E-state index is -0.0509. The second-order valence-electron chi connectivity index (χ2n) is 9.45. The summed E-state index contributed by atoms with van der Waals surface area (Å²) in [6.45, 7) is 17.6. The molecule has 0 saturated heterocycles. The van der Waals surface area contributed by atoms with E-state index in [0.717, 1.165) is 27.5 Å². The highest BCUT2D eigenvalue weighted by Crippen LogP contribution is 2.37. The summed E-state index contributed by atoms with van der Waals surface area (Å²) in [5.74, 6) is 0.433. The molecule has 2 aromatic carbocycles. The minimum Gasteiger partial charge on any atom is -0.508 e. The fourth-order valence-electron chi connectivity index (χ4n) is 3.41. The van der Waals surface area contributed by atoms with Gasteiger partial charge < -0.3 is 5.11 Å². The Morgan fingerprint density at radius 3 is 2.08 bits per heavy atom. The van der Waals surface area contributed by atoms with Gasteiger partial charge in [0.2, 0.25) is 0 Å². The summed E-state index contributed by atoms with van der Waals surface area (Å²) >= 11 is 0. The number of phenolic OH excluding ortho intramolecular Hbond substituents is 1. The van der Waals surface area contributed by atoms with Crippen molar-refractivity contribution in [3.63, 3.8) is 0 Å². The summed E-state index contributed by atoms with van der Waals surface area (Å²) in [5, 5.41) is 12.1. The molecule has 1 N–H and O–H groups in total. The summed E-state index contributed by atoms with van der Waals surface area (Å²) in [5.41, 5.74) is 6.51. The van der Waals surface area contributed by atoms with Gasteiger partial charge in [0.1, 0.15) is 5.75 Å². The molecule has 0 aliphatic carbocycles. The van der Waals surface area contributed by atoms with Crippen molar-refractivity contribution in [3.8, 4) is 5.75 Å². The van der Waals surface area contributed by atoms with Crippen molar-refractivity contribution < 1.29 is 5.11 Å². The van der Waals surface area contributed by atoms with Gasteiger partial charge in [-0.15, -0.1) is 0 Å². The number of hydrogen-bond acceptors (Lipinski definition) is 1. The van der Waals surface area contributed by atoms with Crippen molar-refractivity contribution in [1.82, 2.24) is 0 Å². The first-order valence-corrected chi connectivity index (χ1v) is 10.8. The molecule has 2 aromatic rings. The second-order valence-corrected chi connectivity index (χ2v) is 10.8. The van der Waals surface area contributed by atoms with Gasteiger partial charge in [0.15, 0.2) is 0 Å². The van der Waals surface area contributed by atoms with E-state index in [9.17, 15) is 5.11 Å². The van der Waals surface area contributed by atoms with Gasteiger partial charge in [0.05, 0.1) is 9.52 Å². The van der Waals surface area contributed by atoms with E-state index in [1.54, 1.807) is 0 Å². The SMILES string of the molecule is Cc1cccc([Si]CCc2cc(C(C)(C)C)c(O)cc2C(C)(C)C)c1C. The summed E-state index contributed by atoms with van der Waals surface area (Å²) in [4.78, 5) is 0. The predicted molar refractivity (Wildman–Crippen MR) is 115 cm³/mol. The fourth-order valence-corrected chi connectivity index (χ4v) is 4.75. The van der Waals surface area contributed by atoms with Gasteiger partial charge in [-0.2, -0.15) is 0 Å². The van der Waals surface area contributed by atoms with Crippen LogP contribution >= 0.6 is 0 Å². The molecule has 0 spiro atoms. The molecule has 0 aromatic heterocycles. The van der Waals surface area contributed by atoms with Crippen molar-refractivity contribution in [3.05, 3.63) is 58.1 Å². The molecule has 2 radical (unpaired) electrons. The molecule has 140 valence electrons. The first-order valence-electron chi connectivity index (χ1n) is 9.58. The normalized spacial score (nSPS) is 12.5. The van der Waals surface area contributed by atoms with Crippen LogP contribution in [0.1, 0.15) is 69.4 Å². The zero-order valence-corrected chi connectivity index (χ0v) is 18.7. The van der Waals surface area contributed by atoms with E-state index in [2.05, 4.69) is 79.7 Å². The Balaban J connectivity index is 2.30. The third-order valence-electron chi connectivity index (χ3n) is 5.15. The lowest BCUT2D eigenvalue weighted by Crippen LogP contribution is -2.21. The maximum Gasteiger partial charge on any atom is 0.119 e. The lowest BCUT2D eigenvalue weighted by molar-refractivity contribution is 0.442. The van der Waals surface area contributed by atoms with Crippen LogP contribution in [-0.2, 0) is 17.3 Å². The van der Waals surface area contributed by atoms with Gasteiger partial charge in [-0.3, -0.25) is 0 Å². The van der Waals surface area contributed by atoms with Crippen LogP contribution in [-0.4, -0.2) is 14.6 Å². The smallest absolute Gasteiger partial charge is 0.119 e. The number of hydrogen-bond donors (Lipinski definition) is 1. The lowest BCUT2D eigenvalue weighted by Gasteiger charge is -2.28. The van der Waals surface area contributed by atoms with Gasteiger partial charge >= 0.3 is 0 Å². The molecule has 26 heavy (non-hydrogen) atoms. The minimum absolute atomic E-state index is 0.0333. The Bertz CT molecular complexity index is 776. The third kappa shape index (κ3) is 4.79. The van der Waals surface area contributed by atoms with Crippen molar-refractivity contribution >= 4 is 14.7 Å². The van der Waals surface area contributed by atoms with Crippen molar-refractivity contribution in [2.45, 2.75) is 78.7 Å². The molecular formula is C24H34OSi. The number of phenols is 1. The van der Waals surface area contributed by atoms with Crippen LogP contribution in [0.3, 0.4) is 0 Å². The second kappa shape index (κ2) is 7.60. The van der Waals surface area contributed by atoms with Gasteiger partial charge in [-0.1, -0.05) is 77.0 Å². The number of aryl methyl sites for hydroxylation is 2. The average Bonchev–Trinajstić information content (AvgIpc) is 2.50. The molecule has 0 bridgehead atoms. The van der Waals surface area contributed by atoms with Crippen LogP contribution in [0, 0.1) is 13.8 Å². The third-order valence-corrected chi connectivity index (χ3v) is 6.57. The Hall–Kier alpha value is -1.54. The van der Waals surface area contributed by atoms with Gasteiger partial charge in [-0.05, 0) is 65.0 Å². The molecule has 2 rings (SSSR count). The number of aromatic hydroxyl groups is 1. The largest absolute Gasteiger partial charge is 0.508 e. The van der Waals surface area contributed by atoms with Crippen LogP contribution in [0.2, 0.25) is 6.04 Å². The van der Waals surface area contributed by atoms with Crippen LogP contribution in [0.25, 0.3) is 0 Å². The summed E-state index contributed by atoms with van der Waals surface area (Å²) < 4.78 is 0. The Morgan fingerprint density at radius 1 is 0.885 bits per heavy atom. The molecule has 0 saturated carbocycles. The summed E-state index contributed by atoms with van der Waals surface area (Å²) in [6, 6.07) is 12.0. The van der Waals surface area contributed by atoms with E-state index < -0.39 is 0 Å². The van der Waals surface area contributed by atoms with Crippen molar-refractivity contribution in [2.24, 2.45) is 0 Å². The molecule has 2 heteroatoms. The van der Waals surface area contributed by atoms with Crippen molar-refractivity contribution in [1.29, 1.82) is 0 Å². The Kier molecular flexibility index (Phi) is 6.07. The number of rotatable bonds is 4. The molecule has 0 aliphatic rings. The molecular weight excluding hydrogens is 332 g/mol. The fraction of sp³-hybridized carbons (Fsp3) is 0.500. The predicted octanol–water partition coefficient (Wildman–Crippen LogP) is 5.59. The summed E-state index contributed by atoms with van der Waals surface area (Å²) in [6.07, 6.45) is 1.06. The first-order chi connectivity index (χ1) is 11.9. The molecule has 0 heterocycles. The zero-order chi connectivity index (χ0) is 19.7. The maximum absolute atomic E-state index is 10.6. The Morgan fingerprint density at radius 2 is 1.50 bits per heavy atom. The Labute approximate surface area is 162 Å². The summed E-state index contributed by atoms with van der Waals surface area (Å²) in [7, 11) is 0.823. The van der Waals surface area contributed by atoms with E-state index in [4.69, 9.17) is 0 Å². The lowest BCUT2D eigenvalue weighted by atomic mass is 9.78. The highest BCUT2D eigenvalue weighted by Gasteiger charge is 2.24. The topological polar surface area (TPSA) is 20.2 Å². The van der Waals surface area contributed by atoms with Gasteiger partial charge in [0, 0.05) is 0 Å². The first kappa shape index (κ1) is 20.8. The molecule has 0 aliphatic heterocycles. The molecule has 0 amide bonds. The van der Waals surface area contributed by atoms with E-state index >= 15 is 0 Å². The van der Waals surface area contributed by atoms with Crippen LogP contribution in [0.4, 0.5) is 0 Å². The molecule has 0 atom stereocenters. The maximum atomic E-state index is 10.6. The zero-order valence-electron chi connectivity index (χ0n) is 17.7. The highest BCUT2D eigenvalue weighted by atomic mass is 28.2. The molecule has 0 unspecified atom stereocenters. The van der Waals surface area contributed by atoms with E-state index in [-0.39, 0.29) is 10.8 Å². The molecule has 1 nitrogen and oxygen atoms in total. The standard InChI is InChI=1S/C24H34OSi/c1-16-10-9-11-22(17(16)2)26-13-12-18-14-20(24(6,7)8)21(25)15-19(18)23(3,4)5/h9-11,14-15,25H,12-13H2,1-8H3. The van der Waals surface area contributed by atoms with E-state index in [1.165, 1.54) is 27.4 Å². The van der Waals surface area contributed by atoms with Crippen LogP contribution in [0.5, 0.6) is 5.75 Å². The van der Waals surface area contributed by atoms with Crippen LogP contribution < -0.4 is 5.19 Å². The van der Waals surface area contributed by atoms with E-state index in [1.807, 2.05) is 6.07 Å². The van der Waals surface area contributed by atoms with Crippen molar-refractivity contribution in [2.75, 3.05) is 0 Å². The van der Waals surface area contributed by atoms with E-state index in [0.29, 0.717) is 5.75 Å². The average molecular weight is 367 g/mol. The monoisotopic (exact) mass is 366 g/mol. The highest BCUT2D eigenvalue weighted by molar-refractivity contribution is 6.54. The van der Waals surface area contributed by atoms with Gasteiger partial charge in [0.25, 0.3) is 0 Å².